The Balaban J connectivity index is 2.40. The minimum Gasteiger partial charge on any atom is -0.302 e. The van der Waals surface area contributed by atoms with Crippen molar-refractivity contribution in [2.24, 2.45) is 0 Å². The highest BCUT2D eigenvalue weighted by Gasteiger charge is 2.44. The molecule has 1 aliphatic rings. The number of benzene rings is 1. The molecule has 0 aromatic heterocycles. The average molecular weight is 202 g/mol. The summed E-state index contributed by atoms with van der Waals surface area (Å²) in [6.45, 7) is 6.60. The van der Waals surface area contributed by atoms with Gasteiger partial charge in [0.05, 0.1) is 5.41 Å². The fraction of sp³-hybridized carbons (Fsp3) is 0.500. The highest BCUT2D eigenvalue weighted by atomic mass is 16.1. The van der Waals surface area contributed by atoms with Crippen molar-refractivity contribution in [1.29, 1.82) is 0 Å². The van der Waals surface area contributed by atoms with Crippen LogP contribution in [-0.4, -0.2) is 6.29 Å². The van der Waals surface area contributed by atoms with E-state index in [-0.39, 0.29) is 10.8 Å². The van der Waals surface area contributed by atoms with E-state index in [1.165, 1.54) is 11.1 Å². The monoisotopic (exact) mass is 202 g/mol. The third kappa shape index (κ3) is 1.83. The fourth-order valence-corrected chi connectivity index (χ4v) is 1.90. The highest BCUT2D eigenvalue weighted by molar-refractivity contribution is 5.73. The van der Waals surface area contributed by atoms with Gasteiger partial charge in [0.1, 0.15) is 6.29 Å². The normalized spacial score (nSPS) is 18.6. The lowest BCUT2D eigenvalue weighted by Crippen LogP contribution is -2.14. The summed E-state index contributed by atoms with van der Waals surface area (Å²) >= 11 is 0. The molecule has 1 aliphatic carbocycles. The number of carbonyl (C=O) groups excluding carboxylic acids is 1. The second-order valence-electron chi connectivity index (χ2n) is 5.60. The third-order valence-electron chi connectivity index (χ3n) is 3.32. The second kappa shape index (κ2) is 3.19. The van der Waals surface area contributed by atoms with Gasteiger partial charge in [0.15, 0.2) is 0 Å². The molecule has 0 unspecified atom stereocenters. The van der Waals surface area contributed by atoms with Crippen LogP contribution in [0.4, 0.5) is 0 Å². The molecule has 80 valence electrons. The SMILES string of the molecule is CC(C)(C)c1cccc(C2(C=O)CC2)c1. The topological polar surface area (TPSA) is 17.1 Å². The van der Waals surface area contributed by atoms with Gasteiger partial charge in [0.2, 0.25) is 0 Å². The van der Waals surface area contributed by atoms with E-state index in [1.807, 2.05) is 0 Å². The minimum atomic E-state index is -0.138. The van der Waals surface area contributed by atoms with Crippen LogP contribution in [0.3, 0.4) is 0 Å². The van der Waals surface area contributed by atoms with Crippen LogP contribution in [0.15, 0.2) is 24.3 Å². The molecule has 1 saturated carbocycles. The van der Waals surface area contributed by atoms with Crippen molar-refractivity contribution in [3.8, 4) is 0 Å². The Labute approximate surface area is 91.5 Å². The lowest BCUT2D eigenvalue weighted by molar-refractivity contribution is -0.109. The Hall–Kier alpha value is -1.11. The number of aldehydes is 1. The first-order valence-corrected chi connectivity index (χ1v) is 5.55. The Bertz CT molecular complexity index is 381. The molecule has 1 nitrogen and oxygen atoms in total. The van der Waals surface area contributed by atoms with E-state index in [2.05, 4.69) is 45.0 Å². The van der Waals surface area contributed by atoms with Crippen LogP contribution in [0.2, 0.25) is 0 Å². The van der Waals surface area contributed by atoms with Crippen molar-refractivity contribution in [3.63, 3.8) is 0 Å². The van der Waals surface area contributed by atoms with Gasteiger partial charge in [-0.3, -0.25) is 0 Å². The summed E-state index contributed by atoms with van der Waals surface area (Å²) < 4.78 is 0. The summed E-state index contributed by atoms with van der Waals surface area (Å²) in [5.41, 5.74) is 2.54. The van der Waals surface area contributed by atoms with Crippen LogP contribution >= 0.6 is 0 Å². The summed E-state index contributed by atoms with van der Waals surface area (Å²) in [5, 5.41) is 0. The third-order valence-corrected chi connectivity index (χ3v) is 3.32. The number of hydrogen-bond acceptors (Lipinski definition) is 1. The van der Waals surface area contributed by atoms with E-state index in [4.69, 9.17) is 0 Å². The largest absolute Gasteiger partial charge is 0.302 e. The van der Waals surface area contributed by atoms with Crippen molar-refractivity contribution >= 4 is 6.29 Å². The van der Waals surface area contributed by atoms with Gasteiger partial charge < -0.3 is 4.79 Å². The van der Waals surface area contributed by atoms with Gasteiger partial charge >= 0.3 is 0 Å². The predicted octanol–water partition coefficient (Wildman–Crippen LogP) is 3.21. The molecule has 1 heteroatoms. The van der Waals surface area contributed by atoms with Crippen LogP contribution in [0.25, 0.3) is 0 Å². The van der Waals surface area contributed by atoms with Gasteiger partial charge in [-0.25, -0.2) is 0 Å². The standard InChI is InChI=1S/C14H18O/c1-13(2,3)11-5-4-6-12(9-11)14(10-15)7-8-14/h4-6,9-10H,7-8H2,1-3H3. The maximum absolute atomic E-state index is 11.1. The Morgan fingerprint density at radius 3 is 2.40 bits per heavy atom. The first-order valence-electron chi connectivity index (χ1n) is 5.55. The molecule has 0 bridgehead atoms. The average Bonchev–Trinajstić information content (AvgIpc) is 2.97. The summed E-state index contributed by atoms with van der Waals surface area (Å²) in [5.74, 6) is 0. The molecule has 1 aromatic carbocycles. The van der Waals surface area contributed by atoms with Crippen molar-refractivity contribution in [2.45, 2.75) is 44.4 Å². The van der Waals surface area contributed by atoms with Crippen molar-refractivity contribution < 1.29 is 4.79 Å². The van der Waals surface area contributed by atoms with Gasteiger partial charge in [0.25, 0.3) is 0 Å². The quantitative estimate of drug-likeness (QED) is 0.673. The molecule has 0 amide bonds. The van der Waals surface area contributed by atoms with E-state index in [0.29, 0.717) is 0 Å². The number of carbonyl (C=O) groups is 1. The molecule has 15 heavy (non-hydrogen) atoms. The zero-order valence-electron chi connectivity index (χ0n) is 9.71. The van der Waals surface area contributed by atoms with Crippen molar-refractivity contribution in [1.82, 2.24) is 0 Å². The van der Waals surface area contributed by atoms with Gasteiger partial charge in [-0.15, -0.1) is 0 Å². The molecule has 2 rings (SSSR count). The Morgan fingerprint density at radius 1 is 1.27 bits per heavy atom. The van der Waals surface area contributed by atoms with Gasteiger partial charge in [-0.1, -0.05) is 45.0 Å². The number of rotatable bonds is 2. The predicted molar refractivity (Wildman–Crippen MR) is 62.1 cm³/mol. The molecule has 0 aliphatic heterocycles. The smallest absolute Gasteiger partial charge is 0.130 e. The maximum Gasteiger partial charge on any atom is 0.130 e. The molecule has 0 atom stereocenters. The molecule has 0 spiro atoms. The van der Waals surface area contributed by atoms with Gasteiger partial charge in [-0.05, 0) is 29.4 Å². The van der Waals surface area contributed by atoms with Crippen molar-refractivity contribution in [2.75, 3.05) is 0 Å². The zero-order valence-corrected chi connectivity index (χ0v) is 9.71. The molecule has 0 N–H and O–H groups in total. The highest BCUT2D eigenvalue weighted by Crippen LogP contribution is 2.46. The summed E-state index contributed by atoms with van der Waals surface area (Å²) in [4.78, 5) is 11.1. The lowest BCUT2D eigenvalue weighted by atomic mass is 9.84. The molecule has 0 saturated heterocycles. The van der Waals surface area contributed by atoms with Crippen LogP contribution in [-0.2, 0) is 15.6 Å². The fourth-order valence-electron chi connectivity index (χ4n) is 1.90. The van der Waals surface area contributed by atoms with Gasteiger partial charge in [-0.2, -0.15) is 0 Å². The van der Waals surface area contributed by atoms with Crippen LogP contribution in [0.1, 0.15) is 44.7 Å². The van der Waals surface area contributed by atoms with E-state index >= 15 is 0 Å². The molecule has 0 heterocycles. The summed E-state index contributed by atoms with van der Waals surface area (Å²) in [7, 11) is 0. The summed E-state index contributed by atoms with van der Waals surface area (Å²) in [6.07, 6.45) is 3.16. The van der Waals surface area contributed by atoms with Crippen LogP contribution in [0, 0.1) is 0 Å². The zero-order chi connectivity index (χ0) is 11.1. The molecular weight excluding hydrogens is 184 g/mol. The number of hydrogen-bond donors (Lipinski definition) is 0. The molecule has 0 radical (unpaired) electrons. The van der Waals surface area contributed by atoms with E-state index in [1.54, 1.807) is 0 Å². The van der Waals surface area contributed by atoms with E-state index in [0.717, 1.165) is 19.1 Å². The molecule has 1 aromatic rings. The van der Waals surface area contributed by atoms with Crippen molar-refractivity contribution in [3.05, 3.63) is 35.4 Å². The maximum atomic E-state index is 11.1. The van der Waals surface area contributed by atoms with E-state index in [9.17, 15) is 4.79 Å². The summed E-state index contributed by atoms with van der Waals surface area (Å²) in [6, 6.07) is 8.49. The van der Waals surface area contributed by atoms with E-state index < -0.39 is 0 Å². The first kappa shape index (κ1) is 10.4. The lowest BCUT2D eigenvalue weighted by Gasteiger charge is -2.20. The minimum absolute atomic E-state index is 0.138. The Morgan fingerprint density at radius 2 is 1.93 bits per heavy atom. The Kier molecular flexibility index (Phi) is 2.22. The second-order valence-corrected chi connectivity index (χ2v) is 5.60. The van der Waals surface area contributed by atoms with Crippen LogP contribution < -0.4 is 0 Å². The molecule has 1 fully saturated rings. The first-order chi connectivity index (χ1) is 6.98. The van der Waals surface area contributed by atoms with Crippen LogP contribution in [0.5, 0.6) is 0 Å². The molecular formula is C14H18O. The van der Waals surface area contributed by atoms with Gasteiger partial charge in [0, 0.05) is 0 Å².